The molecular formula is C32H42N6O5S2. The predicted octanol–water partition coefficient (Wildman–Crippen LogP) is 6.34. The zero-order chi connectivity index (χ0) is 32.6. The molecule has 0 unspecified atom stereocenters. The van der Waals surface area contributed by atoms with Gasteiger partial charge in [0.1, 0.15) is 0 Å². The lowest BCUT2D eigenvalue weighted by atomic mass is 9.57. The van der Waals surface area contributed by atoms with E-state index in [-0.39, 0.29) is 28.4 Å². The van der Waals surface area contributed by atoms with E-state index in [0.29, 0.717) is 16.9 Å². The quantitative estimate of drug-likeness (QED) is 0.210. The number of carbonyl (C=O) groups excluding carboxylic acids is 1. The number of urea groups is 1. The first-order valence-corrected chi connectivity index (χ1v) is 17.5. The maximum absolute atomic E-state index is 13.7. The van der Waals surface area contributed by atoms with Gasteiger partial charge < -0.3 is 20.6 Å². The van der Waals surface area contributed by atoms with Crippen molar-refractivity contribution in [3.63, 3.8) is 0 Å². The summed E-state index contributed by atoms with van der Waals surface area (Å²) in [5, 5.41) is 16.4. The minimum atomic E-state index is -3.99. The Bertz CT molecular complexity index is 1640. The van der Waals surface area contributed by atoms with Crippen molar-refractivity contribution in [2.45, 2.75) is 107 Å². The number of nitrogens with one attached hydrogen (secondary N) is 3. The van der Waals surface area contributed by atoms with Crippen LogP contribution in [0.4, 0.5) is 15.3 Å². The Morgan fingerprint density at radius 3 is 2.31 bits per heavy atom. The number of rotatable bonds is 9. The van der Waals surface area contributed by atoms with Gasteiger partial charge in [-0.25, -0.2) is 27.7 Å². The molecule has 3 fully saturated rings. The highest BCUT2D eigenvalue weighted by Crippen LogP contribution is 2.57. The van der Waals surface area contributed by atoms with Gasteiger partial charge in [0.2, 0.25) is 10.0 Å². The maximum atomic E-state index is 13.7. The largest absolute Gasteiger partial charge is 0.465 e. The zero-order valence-electron chi connectivity index (χ0n) is 26.4. The Kier molecular flexibility index (Phi) is 9.00. The highest BCUT2D eigenvalue weighted by Gasteiger charge is 2.54. The lowest BCUT2D eigenvalue weighted by Crippen LogP contribution is -2.61. The van der Waals surface area contributed by atoms with Crippen LogP contribution in [0.1, 0.15) is 83.8 Å². The van der Waals surface area contributed by atoms with E-state index in [1.807, 2.05) is 19.9 Å². The number of amides is 3. The summed E-state index contributed by atoms with van der Waals surface area (Å²) >= 11 is 1.49. The normalized spacial score (nSPS) is 21.5. The standard InChI is InChI=1S/C32H42N6O5S2/c1-21(2)38(29(40)41)32-14-11-31(12-15-32,13-16-32)27-34-20-25(44-27)24-10-9-22(18-26(24)45(42,43)37-30(3,4)5)36-28(39)35-19-23-8-6-7-17-33-23/h6-10,17-18,20-21,37H,11-16,19H2,1-5H3,(H,40,41)(H2,35,36,39). The monoisotopic (exact) mass is 654 g/mol. The van der Waals surface area contributed by atoms with Crippen molar-refractivity contribution < 1.29 is 23.1 Å². The van der Waals surface area contributed by atoms with E-state index in [2.05, 4.69) is 20.3 Å². The highest BCUT2D eigenvalue weighted by molar-refractivity contribution is 7.89. The molecule has 3 aliphatic rings. The Balaban J connectivity index is 1.41. The van der Waals surface area contributed by atoms with Gasteiger partial charge >= 0.3 is 12.1 Å². The molecule has 0 atom stereocenters. The molecule has 45 heavy (non-hydrogen) atoms. The second kappa shape index (κ2) is 12.3. The third-order valence-electron chi connectivity index (χ3n) is 8.79. The first-order valence-electron chi connectivity index (χ1n) is 15.2. The molecule has 13 heteroatoms. The van der Waals surface area contributed by atoms with Crippen LogP contribution < -0.4 is 15.4 Å². The number of carboxylic acid groups (broad SMARTS) is 1. The summed E-state index contributed by atoms with van der Waals surface area (Å²) in [6.45, 7) is 9.42. The molecule has 2 aromatic heterocycles. The molecule has 0 radical (unpaired) electrons. The minimum Gasteiger partial charge on any atom is -0.465 e. The number of carbonyl (C=O) groups is 2. The molecule has 3 aliphatic carbocycles. The van der Waals surface area contributed by atoms with Crippen molar-refractivity contribution >= 4 is 39.2 Å². The summed E-state index contributed by atoms with van der Waals surface area (Å²) in [6, 6.07) is 9.72. The zero-order valence-corrected chi connectivity index (χ0v) is 28.0. The van der Waals surface area contributed by atoms with Crippen LogP contribution in [-0.4, -0.2) is 57.6 Å². The summed E-state index contributed by atoms with van der Waals surface area (Å²) in [7, 11) is -3.99. The predicted molar refractivity (Wildman–Crippen MR) is 175 cm³/mol. The molecule has 2 bridgehead atoms. The van der Waals surface area contributed by atoms with Crippen LogP contribution in [-0.2, 0) is 22.0 Å². The Morgan fingerprint density at radius 1 is 1.04 bits per heavy atom. The van der Waals surface area contributed by atoms with Gasteiger partial charge in [0.15, 0.2) is 0 Å². The van der Waals surface area contributed by atoms with Gasteiger partial charge in [0.05, 0.1) is 27.0 Å². The van der Waals surface area contributed by atoms with Gasteiger partial charge in [0, 0.05) is 46.2 Å². The lowest BCUT2D eigenvalue weighted by Gasteiger charge is -2.57. The molecule has 3 aromatic rings. The smallest absolute Gasteiger partial charge is 0.407 e. The first kappa shape index (κ1) is 32.8. The van der Waals surface area contributed by atoms with Crippen molar-refractivity contribution in [3.05, 3.63) is 59.5 Å². The van der Waals surface area contributed by atoms with Crippen molar-refractivity contribution in [1.29, 1.82) is 0 Å². The van der Waals surface area contributed by atoms with Gasteiger partial charge in [-0.2, -0.15) is 0 Å². The average molecular weight is 655 g/mol. The second-order valence-electron chi connectivity index (χ2n) is 13.5. The molecule has 242 valence electrons. The lowest BCUT2D eigenvalue weighted by molar-refractivity contribution is -0.0288. The molecule has 4 N–H and O–H groups in total. The summed E-state index contributed by atoms with van der Waals surface area (Å²) < 4.78 is 30.2. The van der Waals surface area contributed by atoms with E-state index in [1.165, 1.54) is 17.4 Å². The average Bonchev–Trinajstić information content (AvgIpc) is 3.47. The third-order valence-corrected chi connectivity index (χ3v) is 11.9. The topological polar surface area (TPSA) is 154 Å². The van der Waals surface area contributed by atoms with E-state index in [1.54, 1.807) is 62.3 Å². The van der Waals surface area contributed by atoms with E-state index in [9.17, 15) is 23.1 Å². The number of aromatic nitrogens is 2. The molecule has 2 heterocycles. The molecule has 6 rings (SSSR count). The Morgan fingerprint density at radius 2 is 1.73 bits per heavy atom. The molecule has 3 amide bonds. The molecular weight excluding hydrogens is 613 g/mol. The number of pyridine rings is 1. The van der Waals surface area contributed by atoms with Crippen LogP contribution in [0.15, 0.2) is 53.7 Å². The van der Waals surface area contributed by atoms with Gasteiger partial charge in [0.25, 0.3) is 0 Å². The number of thiazole rings is 1. The SMILES string of the molecule is CC(C)N(C(=O)O)C12CCC(c3ncc(-c4ccc(NC(=O)NCc5ccccn5)cc4S(=O)(=O)NC(C)(C)C)s3)(CC1)CC2. The van der Waals surface area contributed by atoms with Gasteiger partial charge in [-0.05, 0) is 97.4 Å². The maximum Gasteiger partial charge on any atom is 0.407 e. The Labute approximate surface area is 268 Å². The third kappa shape index (κ3) is 7.00. The first-order chi connectivity index (χ1) is 21.1. The number of fused-ring (bicyclic) bond motifs is 3. The fourth-order valence-corrected chi connectivity index (χ4v) is 9.76. The number of anilines is 1. The highest BCUT2D eigenvalue weighted by atomic mass is 32.2. The van der Waals surface area contributed by atoms with Crippen LogP contribution in [0, 0.1) is 0 Å². The van der Waals surface area contributed by atoms with Crippen LogP contribution in [0.3, 0.4) is 0 Å². The van der Waals surface area contributed by atoms with E-state index < -0.39 is 27.7 Å². The second-order valence-corrected chi connectivity index (χ2v) is 16.2. The van der Waals surface area contributed by atoms with Gasteiger partial charge in [-0.15, -0.1) is 11.3 Å². The van der Waals surface area contributed by atoms with Gasteiger partial charge in [-0.1, -0.05) is 12.1 Å². The summed E-state index contributed by atoms with van der Waals surface area (Å²) in [6.07, 6.45) is 7.38. The number of nitrogens with zero attached hydrogens (tertiary/aromatic N) is 3. The van der Waals surface area contributed by atoms with Crippen molar-refractivity contribution in [3.8, 4) is 10.4 Å². The fourth-order valence-electron chi connectivity index (χ4n) is 6.80. The number of hydrogen-bond donors (Lipinski definition) is 4. The minimum absolute atomic E-state index is 0.0491. The van der Waals surface area contributed by atoms with E-state index in [4.69, 9.17) is 4.98 Å². The fraction of sp³-hybridized carbons (Fsp3) is 0.500. The van der Waals surface area contributed by atoms with Crippen LogP contribution in [0.5, 0.6) is 0 Å². The molecule has 3 saturated carbocycles. The molecule has 11 nitrogen and oxygen atoms in total. The van der Waals surface area contributed by atoms with E-state index in [0.717, 1.165) is 48.4 Å². The number of hydrogen-bond acceptors (Lipinski definition) is 7. The van der Waals surface area contributed by atoms with Crippen molar-refractivity contribution in [2.75, 3.05) is 5.32 Å². The van der Waals surface area contributed by atoms with E-state index >= 15 is 0 Å². The van der Waals surface area contributed by atoms with Gasteiger partial charge in [-0.3, -0.25) is 4.98 Å². The summed E-state index contributed by atoms with van der Waals surface area (Å²) in [4.78, 5) is 36.2. The number of benzene rings is 1. The summed E-state index contributed by atoms with van der Waals surface area (Å²) in [5.74, 6) is 0. The van der Waals surface area contributed by atoms with Crippen LogP contribution in [0.2, 0.25) is 0 Å². The molecule has 0 spiro atoms. The Hall–Kier alpha value is -3.55. The molecule has 0 aliphatic heterocycles. The number of sulfonamides is 1. The van der Waals surface area contributed by atoms with Crippen molar-refractivity contribution in [2.24, 2.45) is 0 Å². The van der Waals surface area contributed by atoms with Crippen molar-refractivity contribution in [1.82, 2.24) is 24.9 Å². The molecule has 0 saturated heterocycles. The summed E-state index contributed by atoms with van der Waals surface area (Å²) in [5.41, 5.74) is 0.314. The van der Waals surface area contributed by atoms with Crippen LogP contribution in [0.25, 0.3) is 10.4 Å². The molecule has 1 aromatic carbocycles. The van der Waals surface area contributed by atoms with Crippen LogP contribution >= 0.6 is 11.3 Å².